The lowest BCUT2D eigenvalue weighted by atomic mass is 10.1. The fraction of sp³-hybridized carbons (Fsp3) is 0.312. The van der Waals surface area contributed by atoms with Gasteiger partial charge in [-0.1, -0.05) is 12.1 Å². The SMILES string of the molecule is CN=C(N/C=C/NC(=O)CCNC=O)c1ccc2c(c1)CNC2. The standard InChI is InChI=1S/C16H21N5O2/c1-17-16(12-2-3-13-9-19-10-14(13)8-12)21-7-6-20-15(23)4-5-18-11-22/h2-3,6-8,11,19H,4-5,9-10H2,1H3,(H,17,21)(H,18,22)(H,20,23)/b7-6+. The number of benzene rings is 1. The average molecular weight is 315 g/mol. The van der Waals surface area contributed by atoms with Crippen LogP contribution in [0.3, 0.4) is 0 Å². The lowest BCUT2D eigenvalue weighted by Crippen LogP contribution is -2.25. The Balaban J connectivity index is 1.84. The number of hydrogen-bond donors (Lipinski definition) is 4. The summed E-state index contributed by atoms with van der Waals surface area (Å²) in [5.41, 5.74) is 3.60. The first kappa shape index (κ1) is 16.7. The van der Waals surface area contributed by atoms with Gasteiger partial charge in [-0.25, -0.2) is 0 Å². The predicted molar refractivity (Wildman–Crippen MR) is 88.5 cm³/mol. The van der Waals surface area contributed by atoms with Gasteiger partial charge in [-0.2, -0.15) is 0 Å². The molecule has 1 aliphatic rings. The maximum absolute atomic E-state index is 11.4. The van der Waals surface area contributed by atoms with Gasteiger partial charge in [0.25, 0.3) is 0 Å². The topological polar surface area (TPSA) is 94.6 Å². The van der Waals surface area contributed by atoms with Crippen LogP contribution >= 0.6 is 0 Å². The first-order valence-corrected chi connectivity index (χ1v) is 7.42. The molecule has 0 fully saturated rings. The van der Waals surface area contributed by atoms with Crippen molar-refractivity contribution in [1.82, 2.24) is 21.3 Å². The van der Waals surface area contributed by atoms with E-state index in [1.54, 1.807) is 13.2 Å². The summed E-state index contributed by atoms with van der Waals surface area (Å²) in [5.74, 6) is 0.559. The Morgan fingerprint density at radius 1 is 1.26 bits per heavy atom. The molecule has 0 atom stereocenters. The molecule has 0 aromatic heterocycles. The molecule has 0 unspecified atom stereocenters. The van der Waals surface area contributed by atoms with Crippen LogP contribution < -0.4 is 21.3 Å². The van der Waals surface area contributed by atoms with Gasteiger partial charge in [0.05, 0.1) is 0 Å². The van der Waals surface area contributed by atoms with E-state index in [0.717, 1.165) is 24.5 Å². The summed E-state index contributed by atoms with van der Waals surface area (Å²) >= 11 is 0. The highest BCUT2D eigenvalue weighted by molar-refractivity contribution is 5.99. The lowest BCUT2D eigenvalue weighted by molar-refractivity contribution is -0.120. The van der Waals surface area contributed by atoms with Crippen LogP contribution in [0, 0.1) is 0 Å². The molecule has 7 heteroatoms. The molecule has 0 spiro atoms. The van der Waals surface area contributed by atoms with Crippen molar-refractivity contribution >= 4 is 18.2 Å². The van der Waals surface area contributed by atoms with Gasteiger partial charge >= 0.3 is 0 Å². The second-order valence-corrected chi connectivity index (χ2v) is 5.03. The summed E-state index contributed by atoms with van der Waals surface area (Å²) in [6, 6.07) is 6.24. The largest absolute Gasteiger partial charge is 0.358 e. The van der Waals surface area contributed by atoms with E-state index >= 15 is 0 Å². The van der Waals surface area contributed by atoms with Gasteiger partial charge in [0, 0.05) is 51.1 Å². The molecule has 1 aromatic carbocycles. The monoisotopic (exact) mass is 315 g/mol. The second kappa shape index (κ2) is 8.70. The quantitative estimate of drug-likeness (QED) is 0.246. The summed E-state index contributed by atoms with van der Waals surface area (Å²) in [4.78, 5) is 25.8. The van der Waals surface area contributed by atoms with Crippen LogP contribution in [-0.2, 0) is 22.7 Å². The highest BCUT2D eigenvalue weighted by atomic mass is 16.1. The van der Waals surface area contributed by atoms with Crippen molar-refractivity contribution in [2.24, 2.45) is 4.99 Å². The number of carbonyl (C=O) groups is 2. The van der Waals surface area contributed by atoms with Crippen molar-refractivity contribution in [3.8, 4) is 0 Å². The van der Waals surface area contributed by atoms with E-state index in [2.05, 4.69) is 38.4 Å². The molecule has 0 aliphatic carbocycles. The minimum Gasteiger partial charge on any atom is -0.358 e. The smallest absolute Gasteiger partial charge is 0.225 e. The van der Waals surface area contributed by atoms with E-state index in [-0.39, 0.29) is 12.3 Å². The highest BCUT2D eigenvalue weighted by Crippen LogP contribution is 2.17. The van der Waals surface area contributed by atoms with Crippen molar-refractivity contribution < 1.29 is 9.59 Å². The van der Waals surface area contributed by atoms with E-state index < -0.39 is 0 Å². The Kier molecular flexibility index (Phi) is 6.31. The molecule has 0 radical (unpaired) electrons. The minimum absolute atomic E-state index is 0.170. The molecule has 23 heavy (non-hydrogen) atoms. The predicted octanol–water partition coefficient (Wildman–Crippen LogP) is -0.0207. The zero-order valence-electron chi connectivity index (χ0n) is 13.1. The molecule has 122 valence electrons. The highest BCUT2D eigenvalue weighted by Gasteiger charge is 2.11. The van der Waals surface area contributed by atoms with Crippen LogP contribution in [0.15, 0.2) is 35.6 Å². The van der Waals surface area contributed by atoms with Crippen molar-refractivity contribution in [1.29, 1.82) is 0 Å². The molecule has 0 saturated heterocycles. The second-order valence-electron chi connectivity index (χ2n) is 5.03. The fourth-order valence-electron chi connectivity index (χ4n) is 2.29. The van der Waals surface area contributed by atoms with Crippen LogP contribution in [0.2, 0.25) is 0 Å². The van der Waals surface area contributed by atoms with E-state index in [4.69, 9.17) is 0 Å². The number of amides is 2. The van der Waals surface area contributed by atoms with Gasteiger partial charge in [0.1, 0.15) is 5.84 Å². The van der Waals surface area contributed by atoms with E-state index in [1.807, 2.05) is 6.07 Å². The molecular weight excluding hydrogens is 294 g/mol. The molecule has 2 amide bonds. The molecule has 1 aromatic rings. The Morgan fingerprint density at radius 3 is 2.83 bits per heavy atom. The molecule has 1 aliphatic heterocycles. The number of nitrogens with zero attached hydrogens (tertiary/aromatic N) is 1. The zero-order valence-corrected chi connectivity index (χ0v) is 13.1. The summed E-state index contributed by atoms with van der Waals surface area (Å²) in [6.07, 6.45) is 3.94. The Hall–Kier alpha value is -2.67. The molecule has 0 saturated carbocycles. The van der Waals surface area contributed by atoms with Crippen molar-refractivity contribution in [2.75, 3.05) is 13.6 Å². The number of fused-ring (bicyclic) bond motifs is 1. The fourth-order valence-corrected chi connectivity index (χ4v) is 2.29. The Labute approximate surface area is 135 Å². The molecule has 0 bridgehead atoms. The average Bonchev–Trinajstić information content (AvgIpc) is 3.03. The molecular formula is C16H21N5O2. The van der Waals surface area contributed by atoms with Crippen LogP contribution in [0.25, 0.3) is 0 Å². The molecule has 4 N–H and O–H groups in total. The summed E-state index contributed by atoms with van der Waals surface area (Å²) < 4.78 is 0. The molecule has 1 heterocycles. The number of rotatable bonds is 7. The van der Waals surface area contributed by atoms with Gasteiger partial charge in [-0.3, -0.25) is 14.6 Å². The van der Waals surface area contributed by atoms with Gasteiger partial charge in [0.2, 0.25) is 12.3 Å². The normalized spacial score (nSPS) is 13.7. The Morgan fingerprint density at radius 2 is 2.04 bits per heavy atom. The number of amidine groups is 1. The first-order chi connectivity index (χ1) is 11.2. The van der Waals surface area contributed by atoms with E-state index in [0.29, 0.717) is 13.0 Å². The molecule has 7 nitrogen and oxygen atoms in total. The Bertz CT molecular complexity index is 625. The number of carbonyl (C=O) groups excluding carboxylic acids is 2. The third-order valence-corrected chi connectivity index (χ3v) is 3.46. The van der Waals surface area contributed by atoms with Crippen LogP contribution in [0.1, 0.15) is 23.1 Å². The minimum atomic E-state index is -0.170. The van der Waals surface area contributed by atoms with Gasteiger partial charge in [-0.15, -0.1) is 0 Å². The summed E-state index contributed by atoms with van der Waals surface area (Å²) in [6.45, 7) is 2.11. The summed E-state index contributed by atoms with van der Waals surface area (Å²) in [5, 5.41) is 11.4. The van der Waals surface area contributed by atoms with Crippen molar-refractivity contribution in [3.05, 3.63) is 47.3 Å². The van der Waals surface area contributed by atoms with Crippen molar-refractivity contribution in [3.63, 3.8) is 0 Å². The van der Waals surface area contributed by atoms with E-state index in [1.165, 1.54) is 17.3 Å². The van der Waals surface area contributed by atoms with Gasteiger partial charge in [-0.05, 0) is 17.2 Å². The van der Waals surface area contributed by atoms with Crippen LogP contribution in [-0.4, -0.2) is 31.7 Å². The maximum Gasteiger partial charge on any atom is 0.225 e. The maximum atomic E-state index is 11.4. The van der Waals surface area contributed by atoms with Gasteiger partial charge < -0.3 is 21.3 Å². The summed E-state index contributed by atoms with van der Waals surface area (Å²) in [7, 11) is 1.71. The van der Waals surface area contributed by atoms with Crippen molar-refractivity contribution in [2.45, 2.75) is 19.5 Å². The first-order valence-electron chi connectivity index (χ1n) is 7.42. The third kappa shape index (κ3) is 4.93. The van der Waals surface area contributed by atoms with Gasteiger partial charge in [0.15, 0.2) is 0 Å². The molecule has 2 rings (SSSR count). The number of nitrogens with one attached hydrogen (secondary N) is 4. The van der Waals surface area contributed by atoms with Crippen LogP contribution in [0.5, 0.6) is 0 Å². The van der Waals surface area contributed by atoms with E-state index in [9.17, 15) is 9.59 Å². The number of aliphatic imine (C=N–C) groups is 1. The third-order valence-electron chi connectivity index (χ3n) is 3.46. The van der Waals surface area contributed by atoms with Crippen LogP contribution in [0.4, 0.5) is 0 Å². The lowest BCUT2D eigenvalue weighted by Gasteiger charge is -2.08. The zero-order chi connectivity index (χ0) is 16.5. The number of hydrogen-bond acceptors (Lipinski definition) is 4.